The molecule has 1 atom stereocenters. The number of hydrogen-bond acceptors (Lipinski definition) is 6. The summed E-state index contributed by atoms with van der Waals surface area (Å²) in [5, 5.41) is 0. The summed E-state index contributed by atoms with van der Waals surface area (Å²) in [5.41, 5.74) is -0.574. The van der Waals surface area contributed by atoms with Crippen LogP contribution in [0.3, 0.4) is 0 Å². The number of allylic oxidation sites excluding steroid dienone is 2. The highest BCUT2D eigenvalue weighted by Gasteiger charge is 2.23. The molecule has 0 radical (unpaired) electrons. The van der Waals surface area contributed by atoms with Gasteiger partial charge in [0.05, 0.1) is 18.1 Å². The number of hydrogen-bond donors (Lipinski definition) is 1. The van der Waals surface area contributed by atoms with Crippen molar-refractivity contribution in [3.63, 3.8) is 0 Å². The second-order valence-electron chi connectivity index (χ2n) is 7.85. The molecule has 0 aliphatic heterocycles. The van der Waals surface area contributed by atoms with Crippen LogP contribution >= 0.6 is 0 Å². The van der Waals surface area contributed by atoms with Crippen LogP contribution in [-0.2, 0) is 16.4 Å². The number of rotatable bonds is 11. The molecule has 0 amide bonds. The van der Waals surface area contributed by atoms with Gasteiger partial charge in [-0.1, -0.05) is 25.1 Å². The monoisotopic (exact) mass is 451 g/mol. The minimum absolute atomic E-state index is 0.0428. The van der Waals surface area contributed by atoms with Crippen molar-refractivity contribution >= 4 is 9.84 Å². The Bertz CT molecular complexity index is 1150. The topological polar surface area (TPSA) is 111 Å². The molecule has 10 heteroatoms. The third-order valence-corrected chi connectivity index (χ3v) is 6.92. The third-order valence-electron chi connectivity index (χ3n) is 5.05. The van der Waals surface area contributed by atoms with Gasteiger partial charge in [-0.05, 0) is 48.8 Å². The Balaban J connectivity index is 1.50. The molecule has 0 spiro atoms. The number of sulfone groups is 1. The van der Waals surface area contributed by atoms with Crippen LogP contribution in [0.25, 0.3) is 0 Å². The van der Waals surface area contributed by atoms with Crippen molar-refractivity contribution in [1.82, 2.24) is 14.5 Å². The highest BCUT2D eigenvalue weighted by molar-refractivity contribution is 7.91. The van der Waals surface area contributed by atoms with Gasteiger partial charge < -0.3 is 4.74 Å². The predicted octanol–water partition coefficient (Wildman–Crippen LogP) is 2.02. The van der Waals surface area contributed by atoms with E-state index in [4.69, 9.17) is 4.74 Å². The van der Waals surface area contributed by atoms with Crippen LogP contribution in [-0.4, -0.2) is 41.1 Å². The molecule has 1 aliphatic carbocycles. The van der Waals surface area contributed by atoms with E-state index in [1.165, 1.54) is 10.6 Å². The number of aromatic amines is 1. The quantitative estimate of drug-likeness (QED) is 0.523. The van der Waals surface area contributed by atoms with E-state index in [9.17, 15) is 22.4 Å². The summed E-state index contributed by atoms with van der Waals surface area (Å²) in [4.78, 5) is 28.0. The molecule has 3 rings (SSSR count). The van der Waals surface area contributed by atoms with Crippen LogP contribution < -0.4 is 16.1 Å². The van der Waals surface area contributed by atoms with Gasteiger partial charge >= 0.3 is 11.4 Å². The minimum Gasteiger partial charge on any atom is -0.490 e. The van der Waals surface area contributed by atoms with E-state index < -0.39 is 27.0 Å². The fourth-order valence-corrected chi connectivity index (χ4v) is 4.66. The fourth-order valence-electron chi connectivity index (χ4n) is 3.04. The maximum atomic E-state index is 14.0. The maximum absolute atomic E-state index is 14.0. The number of aromatic nitrogens is 3. The molecule has 0 unspecified atom stereocenters. The molecular formula is C21H26FN3O5S. The van der Waals surface area contributed by atoms with Gasteiger partial charge in [0, 0.05) is 6.54 Å². The van der Waals surface area contributed by atoms with Crippen LogP contribution in [0, 0.1) is 11.7 Å². The lowest BCUT2D eigenvalue weighted by atomic mass is 10.0. The zero-order valence-corrected chi connectivity index (χ0v) is 18.1. The largest absolute Gasteiger partial charge is 0.490 e. The van der Waals surface area contributed by atoms with Crippen molar-refractivity contribution in [2.24, 2.45) is 5.92 Å². The van der Waals surface area contributed by atoms with Gasteiger partial charge in [-0.2, -0.15) is 4.98 Å². The van der Waals surface area contributed by atoms with Gasteiger partial charge in [0.2, 0.25) is 0 Å². The second-order valence-corrected chi connectivity index (χ2v) is 10.1. The molecule has 1 N–H and O–H groups in total. The van der Waals surface area contributed by atoms with E-state index >= 15 is 0 Å². The third kappa shape index (κ3) is 7.16. The summed E-state index contributed by atoms with van der Waals surface area (Å²) >= 11 is 0. The Morgan fingerprint density at radius 3 is 2.81 bits per heavy atom. The summed E-state index contributed by atoms with van der Waals surface area (Å²) < 4.78 is 45.6. The molecular weight excluding hydrogens is 425 g/mol. The number of ether oxygens (including phenoxy) is 1. The highest BCUT2D eigenvalue weighted by atomic mass is 32.2. The Labute approximate surface area is 179 Å². The van der Waals surface area contributed by atoms with Crippen molar-refractivity contribution in [2.75, 3.05) is 18.1 Å². The normalized spacial score (nSPS) is 15.3. The SMILES string of the molecule is C[C@@H](CS(=O)(=O)CC/C=C/Cn1cnc(=O)[nH]c1=O)c1ccc(F)c(OCC2CC2)c1. The van der Waals surface area contributed by atoms with Crippen LogP contribution in [0.2, 0.25) is 0 Å². The lowest BCUT2D eigenvalue weighted by molar-refractivity contribution is 0.285. The average molecular weight is 452 g/mol. The van der Waals surface area contributed by atoms with E-state index in [1.807, 2.05) is 4.98 Å². The summed E-state index contributed by atoms with van der Waals surface area (Å²) in [6.45, 7) is 2.46. The number of nitrogens with one attached hydrogen (secondary N) is 1. The van der Waals surface area contributed by atoms with Gasteiger partial charge in [0.15, 0.2) is 21.4 Å². The minimum atomic E-state index is -3.34. The lowest BCUT2D eigenvalue weighted by Gasteiger charge is -2.14. The Morgan fingerprint density at radius 2 is 2.10 bits per heavy atom. The van der Waals surface area contributed by atoms with E-state index in [-0.39, 0.29) is 29.7 Å². The molecule has 168 valence electrons. The van der Waals surface area contributed by atoms with Gasteiger partial charge in [0.1, 0.15) is 6.33 Å². The smallest absolute Gasteiger partial charge is 0.350 e. The first-order valence-corrected chi connectivity index (χ1v) is 12.0. The van der Waals surface area contributed by atoms with Crippen LogP contribution in [0.5, 0.6) is 5.75 Å². The molecule has 1 fully saturated rings. The number of H-pyrrole nitrogens is 1. The van der Waals surface area contributed by atoms with Crippen molar-refractivity contribution in [3.05, 3.63) is 69.0 Å². The van der Waals surface area contributed by atoms with Crippen molar-refractivity contribution in [2.45, 2.75) is 38.6 Å². The summed E-state index contributed by atoms with van der Waals surface area (Å²) in [5.74, 6) is -0.182. The molecule has 2 aromatic rings. The second kappa shape index (κ2) is 10.0. The summed E-state index contributed by atoms with van der Waals surface area (Å²) in [7, 11) is -3.34. The molecule has 1 aromatic heterocycles. The maximum Gasteiger partial charge on any atom is 0.350 e. The van der Waals surface area contributed by atoms with Gasteiger partial charge in [0.25, 0.3) is 0 Å². The summed E-state index contributed by atoms with van der Waals surface area (Å²) in [6.07, 6.45) is 6.94. The molecule has 31 heavy (non-hydrogen) atoms. The van der Waals surface area contributed by atoms with E-state index in [0.29, 0.717) is 18.9 Å². The zero-order valence-electron chi connectivity index (χ0n) is 17.3. The van der Waals surface area contributed by atoms with Crippen molar-refractivity contribution in [1.29, 1.82) is 0 Å². The van der Waals surface area contributed by atoms with Gasteiger partial charge in [-0.15, -0.1) is 0 Å². The van der Waals surface area contributed by atoms with Crippen molar-refractivity contribution in [3.8, 4) is 5.75 Å². The van der Waals surface area contributed by atoms with Crippen molar-refractivity contribution < 1.29 is 17.5 Å². The molecule has 0 bridgehead atoms. The first-order valence-electron chi connectivity index (χ1n) is 10.2. The predicted molar refractivity (Wildman–Crippen MR) is 115 cm³/mol. The highest BCUT2D eigenvalue weighted by Crippen LogP contribution is 2.31. The molecule has 1 heterocycles. The van der Waals surface area contributed by atoms with Crippen LogP contribution in [0.1, 0.15) is 37.7 Å². The number of nitrogens with zero attached hydrogens (tertiary/aromatic N) is 2. The van der Waals surface area contributed by atoms with Crippen LogP contribution in [0.4, 0.5) is 4.39 Å². The Hall–Kier alpha value is -2.75. The number of benzene rings is 1. The first kappa shape index (κ1) is 22.9. The lowest BCUT2D eigenvalue weighted by Crippen LogP contribution is -2.30. The fraction of sp³-hybridized carbons (Fsp3) is 0.476. The van der Waals surface area contributed by atoms with Gasteiger partial charge in [-0.3, -0.25) is 9.55 Å². The standard InChI is InChI=1S/C21H26FN3O5S/c1-15(17-7-8-18(22)19(11-17)30-12-16-5-6-16)13-31(28,29)10-4-2-3-9-25-14-23-20(26)24-21(25)27/h2-3,7-8,11,14-16H,4-6,9-10,12-13H2,1H3,(H,24,26,27)/b3-2+/t15-/m0/s1. The van der Waals surface area contributed by atoms with E-state index in [2.05, 4.69) is 4.98 Å². The summed E-state index contributed by atoms with van der Waals surface area (Å²) in [6, 6.07) is 4.50. The molecule has 8 nitrogen and oxygen atoms in total. The van der Waals surface area contributed by atoms with Crippen LogP contribution in [0.15, 0.2) is 46.3 Å². The first-order chi connectivity index (χ1) is 14.7. The molecule has 1 aromatic carbocycles. The van der Waals surface area contributed by atoms with Gasteiger partial charge in [-0.25, -0.2) is 22.4 Å². The van der Waals surface area contributed by atoms with E-state index in [0.717, 1.165) is 24.7 Å². The Morgan fingerprint density at radius 1 is 1.32 bits per heavy atom. The zero-order chi connectivity index (χ0) is 22.4. The van der Waals surface area contributed by atoms with E-state index in [1.54, 1.807) is 31.2 Å². The molecule has 1 saturated carbocycles. The molecule has 1 aliphatic rings. The Kier molecular flexibility index (Phi) is 7.42. The average Bonchev–Trinajstić information content (AvgIpc) is 3.52. The molecule has 0 saturated heterocycles. The number of halogens is 1.